The first-order valence-electron chi connectivity index (χ1n) is 7.60. The number of rotatable bonds is 6. The minimum Gasteiger partial charge on any atom is -0.370 e. The number of hydrogen-bond acceptors (Lipinski definition) is 2. The van der Waals surface area contributed by atoms with Gasteiger partial charge in [0.15, 0.2) is 5.96 Å². The van der Waals surface area contributed by atoms with E-state index in [0.29, 0.717) is 12.0 Å². The molecule has 0 spiro atoms. The largest absolute Gasteiger partial charge is 0.370 e. The molecular weight excluding hydrogens is 375 g/mol. The van der Waals surface area contributed by atoms with E-state index in [1.807, 2.05) is 0 Å². The highest BCUT2D eigenvalue weighted by atomic mass is 127. The molecular formula is C16H27IN4. The molecule has 0 amide bonds. The molecule has 0 saturated heterocycles. The average Bonchev–Trinajstić information content (AvgIpc) is 2.75. The molecule has 1 aliphatic heterocycles. The zero-order valence-corrected chi connectivity index (χ0v) is 15.3. The van der Waals surface area contributed by atoms with Gasteiger partial charge in [0.25, 0.3) is 0 Å². The first kappa shape index (κ1) is 18.1. The molecule has 1 unspecified atom stereocenters. The van der Waals surface area contributed by atoms with E-state index in [1.165, 1.54) is 11.3 Å². The number of benzene rings is 1. The normalized spacial score (nSPS) is 17.3. The molecule has 1 aliphatic rings. The van der Waals surface area contributed by atoms with Gasteiger partial charge in [-0.1, -0.05) is 31.5 Å². The van der Waals surface area contributed by atoms with Gasteiger partial charge in [0.1, 0.15) is 0 Å². The van der Waals surface area contributed by atoms with Crippen molar-refractivity contribution in [2.45, 2.75) is 39.2 Å². The maximum absolute atomic E-state index is 5.85. The highest BCUT2D eigenvalue weighted by Crippen LogP contribution is 2.30. The molecule has 0 radical (unpaired) electrons. The van der Waals surface area contributed by atoms with Crippen LogP contribution in [0.4, 0.5) is 5.69 Å². The van der Waals surface area contributed by atoms with Gasteiger partial charge in [-0.2, -0.15) is 0 Å². The Morgan fingerprint density at radius 3 is 2.95 bits per heavy atom. The highest BCUT2D eigenvalue weighted by molar-refractivity contribution is 14.0. The fourth-order valence-electron chi connectivity index (χ4n) is 2.69. The Kier molecular flexibility index (Phi) is 7.85. The molecule has 0 saturated carbocycles. The summed E-state index contributed by atoms with van der Waals surface area (Å²) in [6, 6.07) is 9.22. The molecule has 0 bridgehead atoms. The summed E-state index contributed by atoms with van der Waals surface area (Å²) >= 11 is 0. The minimum atomic E-state index is 0. The van der Waals surface area contributed by atoms with Crippen molar-refractivity contribution in [2.24, 2.45) is 10.7 Å². The SMILES string of the molecule is CCCCN=C(N)NCCN1c2ccccc2CC1C.I. The number of nitrogens with one attached hydrogen (secondary N) is 1. The van der Waals surface area contributed by atoms with E-state index in [-0.39, 0.29) is 24.0 Å². The number of unbranched alkanes of at least 4 members (excludes halogenated alkanes) is 1. The highest BCUT2D eigenvalue weighted by Gasteiger charge is 2.24. The van der Waals surface area contributed by atoms with Gasteiger partial charge in [0.2, 0.25) is 0 Å². The number of aliphatic imine (C=N–C) groups is 1. The van der Waals surface area contributed by atoms with Crippen LogP contribution in [-0.2, 0) is 6.42 Å². The van der Waals surface area contributed by atoms with Crippen molar-refractivity contribution < 1.29 is 0 Å². The monoisotopic (exact) mass is 402 g/mol. The molecule has 0 aliphatic carbocycles. The summed E-state index contributed by atoms with van der Waals surface area (Å²) in [6.45, 7) is 7.05. The number of anilines is 1. The maximum Gasteiger partial charge on any atom is 0.188 e. The summed E-state index contributed by atoms with van der Waals surface area (Å²) in [4.78, 5) is 6.75. The molecule has 21 heavy (non-hydrogen) atoms. The number of guanidine groups is 1. The lowest BCUT2D eigenvalue weighted by atomic mass is 10.1. The summed E-state index contributed by atoms with van der Waals surface area (Å²) in [5.41, 5.74) is 8.66. The lowest BCUT2D eigenvalue weighted by Gasteiger charge is -2.25. The van der Waals surface area contributed by atoms with Gasteiger partial charge in [-0.05, 0) is 31.4 Å². The van der Waals surface area contributed by atoms with Crippen LogP contribution in [0.1, 0.15) is 32.3 Å². The van der Waals surface area contributed by atoms with Crippen molar-refractivity contribution in [3.05, 3.63) is 29.8 Å². The first-order chi connectivity index (χ1) is 9.72. The predicted molar refractivity (Wildman–Crippen MR) is 102 cm³/mol. The van der Waals surface area contributed by atoms with Crippen LogP contribution in [0.15, 0.2) is 29.3 Å². The van der Waals surface area contributed by atoms with E-state index in [2.05, 4.69) is 53.3 Å². The van der Waals surface area contributed by atoms with E-state index < -0.39 is 0 Å². The Balaban J connectivity index is 0.00000220. The van der Waals surface area contributed by atoms with Gasteiger partial charge in [0, 0.05) is 31.4 Å². The number of halogens is 1. The fraction of sp³-hybridized carbons (Fsp3) is 0.562. The van der Waals surface area contributed by atoms with Crippen LogP contribution in [0, 0.1) is 0 Å². The molecule has 5 heteroatoms. The van der Waals surface area contributed by atoms with Crippen LogP contribution in [-0.4, -0.2) is 31.6 Å². The number of fused-ring (bicyclic) bond motifs is 1. The van der Waals surface area contributed by atoms with E-state index in [0.717, 1.165) is 38.9 Å². The number of hydrogen-bond donors (Lipinski definition) is 2. The average molecular weight is 402 g/mol. The lowest BCUT2D eigenvalue weighted by molar-refractivity contribution is 0.660. The molecule has 2 rings (SSSR count). The van der Waals surface area contributed by atoms with E-state index >= 15 is 0 Å². The van der Waals surface area contributed by atoms with Crippen LogP contribution in [0.2, 0.25) is 0 Å². The number of para-hydroxylation sites is 1. The fourth-order valence-corrected chi connectivity index (χ4v) is 2.69. The second kappa shape index (κ2) is 9.12. The topological polar surface area (TPSA) is 53.6 Å². The Morgan fingerprint density at radius 1 is 1.43 bits per heavy atom. The molecule has 1 atom stereocenters. The summed E-state index contributed by atoms with van der Waals surface area (Å²) in [7, 11) is 0. The zero-order valence-electron chi connectivity index (χ0n) is 13.0. The summed E-state index contributed by atoms with van der Waals surface area (Å²) in [5, 5.41) is 3.21. The third kappa shape index (κ3) is 5.05. The third-order valence-electron chi connectivity index (χ3n) is 3.80. The van der Waals surface area contributed by atoms with Gasteiger partial charge >= 0.3 is 0 Å². The van der Waals surface area contributed by atoms with Crippen molar-refractivity contribution in [1.29, 1.82) is 0 Å². The van der Waals surface area contributed by atoms with Gasteiger partial charge in [-0.15, -0.1) is 24.0 Å². The van der Waals surface area contributed by atoms with Crippen LogP contribution >= 0.6 is 24.0 Å². The van der Waals surface area contributed by atoms with Gasteiger partial charge < -0.3 is 16.0 Å². The predicted octanol–water partition coefficient (Wildman–Crippen LogP) is 2.76. The second-order valence-corrected chi connectivity index (χ2v) is 5.42. The third-order valence-corrected chi connectivity index (χ3v) is 3.80. The van der Waals surface area contributed by atoms with Crippen LogP contribution in [0.5, 0.6) is 0 Å². The van der Waals surface area contributed by atoms with Crippen molar-refractivity contribution in [1.82, 2.24) is 5.32 Å². The van der Waals surface area contributed by atoms with Crippen molar-refractivity contribution >= 4 is 35.6 Å². The smallest absolute Gasteiger partial charge is 0.188 e. The van der Waals surface area contributed by atoms with Gasteiger partial charge in [0.05, 0.1) is 0 Å². The van der Waals surface area contributed by atoms with Crippen molar-refractivity contribution in [2.75, 3.05) is 24.5 Å². The quantitative estimate of drug-likeness (QED) is 0.333. The van der Waals surface area contributed by atoms with Crippen molar-refractivity contribution in [3.8, 4) is 0 Å². The van der Waals surface area contributed by atoms with Crippen molar-refractivity contribution in [3.63, 3.8) is 0 Å². The number of nitrogens with two attached hydrogens (primary N) is 1. The molecule has 1 aromatic carbocycles. The Labute approximate surface area is 145 Å². The summed E-state index contributed by atoms with van der Waals surface area (Å²) < 4.78 is 0. The molecule has 3 N–H and O–H groups in total. The Bertz CT molecular complexity index is 461. The van der Waals surface area contributed by atoms with Crippen LogP contribution < -0.4 is 16.0 Å². The Morgan fingerprint density at radius 2 is 2.19 bits per heavy atom. The summed E-state index contributed by atoms with van der Waals surface area (Å²) in [5.74, 6) is 0.568. The van der Waals surface area contributed by atoms with E-state index in [9.17, 15) is 0 Å². The molecule has 0 fully saturated rings. The number of nitrogens with zero attached hydrogens (tertiary/aromatic N) is 2. The van der Waals surface area contributed by atoms with Crippen LogP contribution in [0.25, 0.3) is 0 Å². The van der Waals surface area contributed by atoms with Gasteiger partial charge in [-0.3, -0.25) is 4.99 Å². The standard InChI is InChI=1S/C16H26N4.HI/c1-3-4-9-18-16(17)19-10-11-20-13(2)12-14-7-5-6-8-15(14)20;/h5-8,13H,3-4,9-12H2,1-2H3,(H3,17,18,19);1H. The molecule has 4 nitrogen and oxygen atoms in total. The maximum atomic E-state index is 5.85. The minimum absolute atomic E-state index is 0. The first-order valence-corrected chi connectivity index (χ1v) is 7.60. The van der Waals surface area contributed by atoms with Crippen LogP contribution in [0.3, 0.4) is 0 Å². The molecule has 1 aromatic rings. The molecule has 1 heterocycles. The van der Waals surface area contributed by atoms with E-state index in [4.69, 9.17) is 5.73 Å². The molecule has 0 aromatic heterocycles. The zero-order chi connectivity index (χ0) is 14.4. The van der Waals surface area contributed by atoms with E-state index in [1.54, 1.807) is 0 Å². The van der Waals surface area contributed by atoms with Gasteiger partial charge in [-0.25, -0.2) is 0 Å². The second-order valence-electron chi connectivity index (χ2n) is 5.42. The summed E-state index contributed by atoms with van der Waals surface area (Å²) in [6.07, 6.45) is 3.38. The Hall–Kier alpha value is -0.980. The molecule has 118 valence electrons. The lowest BCUT2D eigenvalue weighted by Crippen LogP contribution is -2.40.